The van der Waals surface area contributed by atoms with E-state index < -0.39 is 0 Å². The van der Waals surface area contributed by atoms with E-state index in [0.29, 0.717) is 97.5 Å². The van der Waals surface area contributed by atoms with Crippen molar-refractivity contribution in [3.05, 3.63) is 90.9 Å². The third kappa shape index (κ3) is 11.4. The summed E-state index contributed by atoms with van der Waals surface area (Å²) < 4.78 is 24.9. The number of nitrogens with one attached hydrogen (secondary N) is 2. The molecule has 6 N–H and O–H groups in total. The maximum Gasteiger partial charge on any atom is 0.231 e. The lowest BCUT2D eigenvalue weighted by atomic mass is 9.92. The zero-order valence-corrected chi connectivity index (χ0v) is 33.1. The molecule has 0 fully saturated rings. The van der Waals surface area contributed by atoms with Crippen molar-refractivity contribution in [2.24, 2.45) is 11.5 Å². The normalized spacial score (nSPS) is 11.0. The van der Waals surface area contributed by atoms with Crippen molar-refractivity contribution >= 4 is 43.7 Å². The molecule has 2 heterocycles. The van der Waals surface area contributed by atoms with E-state index in [9.17, 15) is 9.59 Å². The number of hydrogen-bond donors (Lipinski definition) is 4. The molecular formula is C38H46Br2N6O6. The van der Waals surface area contributed by atoms with E-state index in [2.05, 4.69) is 78.4 Å². The maximum atomic E-state index is 11.0. The molecule has 2 aromatic carbocycles. The van der Waals surface area contributed by atoms with Crippen LogP contribution in [0.25, 0.3) is 11.1 Å². The van der Waals surface area contributed by atoms with Gasteiger partial charge in [-0.05, 0) is 117 Å². The number of halogens is 2. The van der Waals surface area contributed by atoms with E-state index in [4.69, 9.17) is 30.4 Å². The summed E-state index contributed by atoms with van der Waals surface area (Å²) in [5.41, 5.74) is 18.6. The number of pyridine rings is 2. The Hall–Kier alpha value is -4.24. The first kappa shape index (κ1) is 40.5. The summed E-state index contributed by atoms with van der Waals surface area (Å²) in [7, 11) is 3.15. The van der Waals surface area contributed by atoms with Gasteiger partial charge in [0.1, 0.15) is 13.2 Å². The van der Waals surface area contributed by atoms with Crippen molar-refractivity contribution in [2.45, 2.75) is 65.8 Å². The van der Waals surface area contributed by atoms with Crippen LogP contribution in [0.1, 0.15) is 59.1 Å². The van der Waals surface area contributed by atoms with Crippen LogP contribution < -0.4 is 41.0 Å². The van der Waals surface area contributed by atoms with Crippen molar-refractivity contribution in [3.8, 4) is 34.6 Å². The quantitative estimate of drug-likeness (QED) is 0.0711. The summed E-state index contributed by atoms with van der Waals surface area (Å²) in [6, 6.07) is 16.2. The van der Waals surface area contributed by atoms with Gasteiger partial charge < -0.3 is 41.0 Å². The van der Waals surface area contributed by atoms with Gasteiger partial charge in [-0.2, -0.15) is 9.97 Å². The van der Waals surface area contributed by atoms with Crippen LogP contribution in [0.4, 0.5) is 0 Å². The number of primary amides is 2. The molecule has 0 saturated heterocycles. The average Bonchev–Trinajstić information content (AvgIpc) is 3.11. The molecule has 2 amide bonds. The zero-order chi connectivity index (χ0) is 37.6. The van der Waals surface area contributed by atoms with Gasteiger partial charge in [-0.3, -0.25) is 9.59 Å². The molecule has 0 aliphatic heterocycles. The number of rotatable bonds is 21. The molecule has 52 heavy (non-hydrogen) atoms. The molecule has 14 heteroatoms. The fraction of sp³-hybridized carbons (Fsp3) is 0.368. The Morgan fingerprint density at radius 2 is 1.06 bits per heavy atom. The summed E-state index contributed by atoms with van der Waals surface area (Å²) in [5.74, 6) is 1.15. The fourth-order valence-corrected chi connectivity index (χ4v) is 6.53. The second kappa shape index (κ2) is 20.1. The highest BCUT2D eigenvalue weighted by atomic mass is 79.9. The number of carbonyl (C=O) groups is 2. The topological polar surface area (TPSA) is 173 Å². The van der Waals surface area contributed by atoms with Gasteiger partial charge in [0.25, 0.3) is 0 Å². The van der Waals surface area contributed by atoms with Crippen molar-refractivity contribution in [3.63, 3.8) is 0 Å². The second-order valence-electron chi connectivity index (χ2n) is 12.1. The van der Waals surface area contributed by atoms with E-state index in [0.717, 1.165) is 44.5 Å². The third-order valence-corrected chi connectivity index (χ3v) is 9.58. The molecule has 278 valence electrons. The van der Waals surface area contributed by atoms with E-state index in [1.807, 2.05) is 36.4 Å². The molecule has 12 nitrogen and oxygen atoms in total. The second-order valence-corrected chi connectivity index (χ2v) is 13.8. The number of ether oxygens (including phenoxy) is 4. The Bertz CT molecular complexity index is 1720. The highest BCUT2D eigenvalue weighted by molar-refractivity contribution is 9.10. The molecule has 0 aliphatic rings. The number of nitrogens with two attached hydrogens (primary N) is 2. The smallest absolute Gasteiger partial charge is 0.231 e. The molecule has 0 saturated carbocycles. The van der Waals surface area contributed by atoms with E-state index in [1.165, 1.54) is 0 Å². The van der Waals surface area contributed by atoms with Gasteiger partial charge in [-0.15, -0.1) is 0 Å². The molecule has 0 bridgehead atoms. The van der Waals surface area contributed by atoms with Crippen LogP contribution in [-0.4, -0.2) is 49.1 Å². The first-order chi connectivity index (χ1) is 25.0. The lowest BCUT2D eigenvalue weighted by Gasteiger charge is -2.18. The van der Waals surface area contributed by atoms with Crippen LogP contribution >= 0.6 is 31.9 Å². The maximum absolute atomic E-state index is 11.0. The predicted molar refractivity (Wildman–Crippen MR) is 207 cm³/mol. The molecular weight excluding hydrogens is 796 g/mol. The monoisotopic (exact) mass is 840 g/mol. The van der Waals surface area contributed by atoms with E-state index >= 15 is 0 Å². The largest absolute Gasteiger partial charge is 0.481 e. The minimum absolute atomic E-state index is 0.307. The van der Waals surface area contributed by atoms with Crippen molar-refractivity contribution in [1.82, 2.24) is 20.6 Å². The Labute approximate surface area is 321 Å². The van der Waals surface area contributed by atoms with E-state index in [-0.39, 0.29) is 11.8 Å². The van der Waals surface area contributed by atoms with Crippen LogP contribution in [0.5, 0.6) is 23.5 Å². The third-order valence-electron chi connectivity index (χ3n) is 8.45. The van der Waals surface area contributed by atoms with Crippen LogP contribution in [0, 0.1) is 13.8 Å². The van der Waals surface area contributed by atoms with Gasteiger partial charge in [-0.1, -0.05) is 36.4 Å². The highest BCUT2D eigenvalue weighted by Gasteiger charge is 2.17. The van der Waals surface area contributed by atoms with Crippen molar-refractivity contribution in [2.75, 3.05) is 27.3 Å². The fourth-order valence-electron chi connectivity index (χ4n) is 5.57. The van der Waals surface area contributed by atoms with Crippen LogP contribution in [0.2, 0.25) is 0 Å². The Morgan fingerprint density at radius 1 is 0.654 bits per heavy atom. The van der Waals surface area contributed by atoms with Gasteiger partial charge in [0.15, 0.2) is 0 Å². The first-order valence-electron chi connectivity index (χ1n) is 16.9. The summed E-state index contributed by atoms with van der Waals surface area (Å²) in [5, 5.41) is 6.58. The molecule has 4 aromatic rings. The molecule has 0 unspecified atom stereocenters. The highest BCUT2D eigenvalue weighted by Crippen LogP contribution is 2.34. The number of aromatic nitrogens is 2. The number of methoxy groups -OCH3 is 2. The molecule has 0 spiro atoms. The SMILES string of the molecule is COc1nc(OCc2cccc(-c3cccc(COc4nc(OC)c(CNCCCC(N)=O)cc4Br)c3C)c2C)c(Br)cc1CNCCCC(N)=O. The number of nitrogens with zero attached hydrogens (tertiary/aromatic N) is 2. The summed E-state index contributed by atoms with van der Waals surface area (Å²) in [6.07, 6.45) is 1.99. The minimum atomic E-state index is -0.312. The summed E-state index contributed by atoms with van der Waals surface area (Å²) in [4.78, 5) is 31.2. The van der Waals surface area contributed by atoms with Gasteiger partial charge >= 0.3 is 0 Å². The van der Waals surface area contributed by atoms with Crippen molar-refractivity contribution < 1.29 is 28.5 Å². The van der Waals surface area contributed by atoms with Gasteiger partial charge in [-0.25, -0.2) is 0 Å². The van der Waals surface area contributed by atoms with Gasteiger partial charge in [0.05, 0.1) is 23.2 Å². The molecule has 0 aliphatic carbocycles. The standard InChI is InChI=1S/C38H46Br2N6O6/c1-23-25(21-51-37-31(39)17-27(35(45-37)49-3)19-43-15-7-13-33(41)47)9-5-11-29(23)30-12-6-10-26(24(30)2)22-52-38-32(40)18-28(36(46-38)50-4)20-44-16-8-14-34(42)48/h5-6,9-12,17-18,43-44H,7-8,13-16,19-22H2,1-4H3,(H2,41,47)(H2,42,48). The Kier molecular flexibility index (Phi) is 15.7. The average molecular weight is 843 g/mol. The Balaban J connectivity index is 1.43. The van der Waals surface area contributed by atoms with Gasteiger partial charge in [0, 0.05) is 37.1 Å². The van der Waals surface area contributed by atoms with Crippen LogP contribution in [-0.2, 0) is 35.9 Å². The van der Waals surface area contributed by atoms with Crippen molar-refractivity contribution in [1.29, 1.82) is 0 Å². The van der Waals surface area contributed by atoms with Crippen LogP contribution in [0.3, 0.4) is 0 Å². The Morgan fingerprint density at radius 3 is 1.42 bits per heavy atom. The predicted octanol–water partition coefficient (Wildman–Crippen LogP) is 6.17. The van der Waals surface area contributed by atoms with Crippen LogP contribution in [0.15, 0.2) is 57.5 Å². The molecule has 4 rings (SSSR count). The summed E-state index contributed by atoms with van der Waals surface area (Å²) in [6.45, 7) is 7.13. The minimum Gasteiger partial charge on any atom is -0.481 e. The molecule has 2 aromatic heterocycles. The summed E-state index contributed by atoms with van der Waals surface area (Å²) >= 11 is 7.21. The molecule has 0 atom stereocenters. The lowest BCUT2D eigenvalue weighted by Crippen LogP contribution is -2.18. The first-order valence-corrected chi connectivity index (χ1v) is 18.5. The molecule has 0 radical (unpaired) electrons. The number of carbonyl (C=O) groups excluding carboxylic acids is 2. The number of hydrogen-bond acceptors (Lipinski definition) is 10. The van der Waals surface area contributed by atoms with E-state index in [1.54, 1.807) is 14.2 Å². The number of amides is 2. The van der Waals surface area contributed by atoms with Gasteiger partial charge in [0.2, 0.25) is 35.3 Å². The number of benzene rings is 2. The zero-order valence-electron chi connectivity index (χ0n) is 29.9. The lowest BCUT2D eigenvalue weighted by molar-refractivity contribution is -0.118.